The maximum absolute atomic E-state index is 12.1. The average molecular weight is 261 g/mol. The Morgan fingerprint density at radius 1 is 1.56 bits per heavy atom. The van der Waals surface area contributed by atoms with E-state index in [2.05, 4.69) is 0 Å². The van der Waals surface area contributed by atoms with Gasteiger partial charge in [0, 0.05) is 11.9 Å². The number of aliphatic carboxylic acids is 1. The smallest absolute Gasteiger partial charge is 0.322 e. The molecule has 2 rings (SSSR count). The van der Waals surface area contributed by atoms with Crippen molar-refractivity contribution in [1.82, 2.24) is 4.31 Å². The zero-order chi connectivity index (χ0) is 11.8. The minimum Gasteiger partial charge on any atom is -0.480 e. The first-order valence-corrected chi connectivity index (χ1v) is 7.18. The van der Waals surface area contributed by atoms with Gasteiger partial charge in [-0.1, -0.05) is 0 Å². The fourth-order valence-electron chi connectivity index (χ4n) is 1.81. The van der Waals surface area contributed by atoms with Crippen LogP contribution >= 0.6 is 11.3 Å². The van der Waals surface area contributed by atoms with Gasteiger partial charge in [-0.15, -0.1) is 0 Å². The van der Waals surface area contributed by atoms with Crippen molar-refractivity contribution in [2.75, 3.05) is 6.54 Å². The summed E-state index contributed by atoms with van der Waals surface area (Å²) in [5.41, 5.74) is 0. The number of carbonyl (C=O) groups is 1. The van der Waals surface area contributed by atoms with E-state index in [0.717, 1.165) is 4.31 Å². The Balaban J connectivity index is 2.34. The molecule has 1 aromatic rings. The van der Waals surface area contributed by atoms with Gasteiger partial charge in [0.1, 0.15) is 6.04 Å². The van der Waals surface area contributed by atoms with Crippen molar-refractivity contribution >= 4 is 27.3 Å². The van der Waals surface area contributed by atoms with Crippen LogP contribution in [0, 0.1) is 0 Å². The second-order valence-corrected chi connectivity index (χ2v) is 6.24. The summed E-state index contributed by atoms with van der Waals surface area (Å²) < 4.78 is 25.2. The van der Waals surface area contributed by atoms with Crippen LogP contribution in [0.5, 0.6) is 0 Å². The molecule has 0 radical (unpaired) electrons. The molecule has 1 aliphatic rings. The topological polar surface area (TPSA) is 74.7 Å². The Bertz CT molecular complexity index is 480. The first kappa shape index (κ1) is 11.6. The van der Waals surface area contributed by atoms with E-state index in [1.54, 1.807) is 5.38 Å². The third kappa shape index (κ3) is 1.85. The molecule has 1 fully saturated rings. The lowest BCUT2D eigenvalue weighted by atomic mass is 10.2. The van der Waals surface area contributed by atoms with Crippen molar-refractivity contribution in [3.05, 3.63) is 16.8 Å². The van der Waals surface area contributed by atoms with Gasteiger partial charge in [-0.05, 0) is 24.3 Å². The van der Waals surface area contributed by atoms with Gasteiger partial charge in [0.2, 0.25) is 10.0 Å². The number of rotatable bonds is 3. The third-order valence-corrected chi connectivity index (χ3v) is 5.33. The van der Waals surface area contributed by atoms with Crippen LogP contribution in [0.3, 0.4) is 0 Å². The molecule has 1 aliphatic heterocycles. The highest BCUT2D eigenvalue weighted by Crippen LogP contribution is 2.27. The lowest BCUT2D eigenvalue weighted by Crippen LogP contribution is -2.40. The number of thiophene rings is 1. The van der Waals surface area contributed by atoms with Gasteiger partial charge in [0.25, 0.3) is 0 Å². The van der Waals surface area contributed by atoms with E-state index in [0.29, 0.717) is 12.8 Å². The van der Waals surface area contributed by atoms with E-state index in [-0.39, 0.29) is 11.4 Å². The van der Waals surface area contributed by atoms with Gasteiger partial charge in [-0.3, -0.25) is 4.79 Å². The molecule has 1 unspecified atom stereocenters. The van der Waals surface area contributed by atoms with Crippen molar-refractivity contribution in [2.45, 2.75) is 23.8 Å². The molecule has 1 aromatic heterocycles. The fourth-order valence-corrected chi connectivity index (χ4v) is 4.48. The number of carboxylic acids is 1. The standard InChI is InChI=1S/C9H11NO4S2/c11-9(12)8-2-1-4-10(8)16(13,14)7-3-5-15-6-7/h3,5-6,8H,1-2,4H2,(H,11,12). The summed E-state index contributed by atoms with van der Waals surface area (Å²) in [6, 6.07) is 0.585. The Labute approximate surface area is 97.4 Å². The van der Waals surface area contributed by atoms with Crippen molar-refractivity contribution < 1.29 is 18.3 Å². The van der Waals surface area contributed by atoms with Gasteiger partial charge >= 0.3 is 5.97 Å². The second-order valence-electron chi connectivity index (χ2n) is 3.57. The molecule has 7 heteroatoms. The summed E-state index contributed by atoms with van der Waals surface area (Å²) in [6.07, 6.45) is 0.985. The van der Waals surface area contributed by atoms with Gasteiger partial charge in [-0.2, -0.15) is 15.6 Å². The van der Waals surface area contributed by atoms with Crippen molar-refractivity contribution in [3.63, 3.8) is 0 Å². The molecule has 0 bridgehead atoms. The molecule has 88 valence electrons. The minimum atomic E-state index is -3.63. The molecule has 0 aliphatic carbocycles. The summed E-state index contributed by atoms with van der Waals surface area (Å²) in [4.78, 5) is 11.1. The van der Waals surface area contributed by atoms with Crippen molar-refractivity contribution in [3.8, 4) is 0 Å². The predicted octanol–water partition coefficient (Wildman–Crippen LogP) is 0.986. The largest absolute Gasteiger partial charge is 0.480 e. The van der Waals surface area contributed by atoms with Gasteiger partial charge in [-0.25, -0.2) is 8.42 Å². The van der Waals surface area contributed by atoms with Gasteiger partial charge in [0.15, 0.2) is 0 Å². The molecule has 0 spiro atoms. The summed E-state index contributed by atoms with van der Waals surface area (Å²) in [5.74, 6) is -1.07. The minimum absolute atomic E-state index is 0.186. The van der Waals surface area contributed by atoms with Crippen LogP contribution in [0.15, 0.2) is 21.7 Å². The van der Waals surface area contributed by atoms with Crippen LogP contribution in [0.4, 0.5) is 0 Å². The van der Waals surface area contributed by atoms with Crippen LogP contribution in [0.25, 0.3) is 0 Å². The lowest BCUT2D eigenvalue weighted by Gasteiger charge is -2.19. The number of hydrogen-bond donors (Lipinski definition) is 1. The average Bonchev–Trinajstić information content (AvgIpc) is 2.89. The lowest BCUT2D eigenvalue weighted by molar-refractivity contribution is -0.140. The molecule has 0 saturated carbocycles. The van der Waals surface area contributed by atoms with Crippen LogP contribution in [-0.2, 0) is 14.8 Å². The summed E-state index contributed by atoms with van der Waals surface area (Å²) in [7, 11) is -3.63. The third-order valence-electron chi connectivity index (χ3n) is 2.59. The molecular weight excluding hydrogens is 250 g/mol. The van der Waals surface area contributed by atoms with E-state index in [9.17, 15) is 13.2 Å². The molecule has 0 aromatic carbocycles. The Kier molecular flexibility index (Phi) is 3.00. The fraction of sp³-hybridized carbons (Fsp3) is 0.444. The molecule has 5 nitrogen and oxygen atoms in total. The van der Waals surface area contributed by atoms with Gasteiger partial charge in [0.05, 0.1) is 4.90 Å². The first-order chi connectivity index (χ1) is 7.53. The molecule has 1 atom stereocenters. The van der Waals surface area contributed by atoms with E-state index in [1.165, 1.54) is 22.8 Å². The van der Waals surface area contributed by atoms with E-state index >= 15 is 0 Å². The van der Waals surface area contributed by atoms with E-state index in [1.807, 2.05) is 0 Å². The summed E-state index contributed by atoms with van der Waals surface area (Å²) >= 11 is 1.28. The Hall–Kier alpha value is -0.920. The maximum Gasteiger partial charge on any atom is 0.322 e. The van der Waals surface area contributed by atoms with Crippen molar-refractivity contribution in [1.29, 1.82) is 0 Å². The monoisotopic (exact) mass is 261 g/mol. The molecular formula is C9H11NO4S2. The Morgan fingerprint density at radius 3 is 2.88 bits per heavy atom. The molecule has 2 heterocycles. The Morgan fingerprint density at radius 2 is 2.31 bits per heavy atom. The molecule has 1 saturated heterocycles. The van der Waals surface area contributed by atoms with Crippen LogP contribution in [-0.4, -0.2) is 36.4 Å². The molecule has 16 heavy (non-hydrogen) atoms. The SMILES string of the molecule is O=C(O)C1CCCN1S(=O)(=O)c1ccsc1. The van der Waals surface area contributed by atoms with E-state index in [4.69, 9.17) is 5.11 Å². The normalized spacial score (nSPS) is 22.4. The van der Waals surface area contributed by atoms with Crippen LogP contribution < -0.4 is 0 Å². The predicted molar refractivity (Wildman–Crippen MR) is 58.9 cm³/mol. The number of sulfonamides is 1. The maximum atomic E-state index is 12.1. The highest BCUT2D eigenvalue weighted by atomic mass is 32.2. The molecule has 0 amide bonds. The summed E-state index contributed by atoms with van der Waals surface area (Å²) in [6.45, 7) is 0.287. The highest BCUT2D eigenvalue weighted by Gasteiger charge is 2.39. The van der Waals surface area contributed by atoms with Crippen LogP contribution in [0.2, 0.25) is 0 Å². The zero-order valence-corrected chi connectivity index (χ0v) is 10.00. The number of carboxylic acid groups (broad SMARTS) is 1. The quantitative estimate of drug-likeness (QED) is 0.880. The highest BCUT2D eigenvalue weighted by molar-refractivity contribution is 7.89. The zero-order valence-electron chi connectivity index (χ0n) is 8.37. The van der Waals surface area contributed by atoms with Crippen molar-refractivity contribution in [2.24, 2.45) is 0 Å². The first-order valence-electron chi connectivity index (χ1n) is 4.80. The van der Waals surface area contributed by atoms with Gasteiger partial charge < -0.3 is 5.11 Å². The van der Waals surface area contributed by atoms with E-state index < -0.39 is 22.0 Å². The second kappa shape index (κ2) is 4.15. The molecule has 1 N–H and O–H groups in total. The number of hydrogen-bond acceptors (Lipinski definition) is 4. The van der Waals surface area contributed by atoms with Crippen LogP contribution in [0.1, 0.15) is 12.8 Å². The number of nitrogens with zero attached hydrogens (tertiary/aromatic N) is 1. The summed E-state index contributed by atoms with van der Waals surface area (Å²) in [5, 5.41) is 12.1.